The molecule has 5 aromatic rings. The van der Waals surface area contributed by atoms with Gasteiger partial charge in [0.1, 0.15) is 11.5 Å². The number of hydrogen-bond donors (Lipinski definition) is 3. The molecule has 0 aliphatic carbocycles. The Labute approximate surface area is 308 Å². The fraction of sp³-hybridized carbons (Fsp3) is 0.238. The van der Waals surface area contributed by atoms with E-state index in [-0.39, 0.29) is 25.5 Å². The molecular weight excluding hydrogens is 668 g/mol. The van der Waals surface area contributed by atoms with E-state index in [0.29, 0.717) is 43.2 Å². The van der Waals surface area contributed by atoms with E-state index in [1.807, 2.05) is 115 Å². The Morgan fingerprint density at radius 2 is 1.53 bits per heavy atom. The van der Waals surface area contributed by atoms with Crippen molar-refractivity contribution >= 4 is 11.8 Å². The maximum Gasteiger partial charge on any atom is 0.266 e. The standard InChI is InChI=1S/C42H42N6O5/c1-51-38-15-8-7-12-32(38)24-25-44-47-41(50)42(28-35-13-5-6-14-36(35)29-45-48-43)39(33-18-16-31(17-19-33)30-10-3-2-4-11-30)53-40(46-42)34-20-22-37(23-21-34)52-27-9-26-49/h2-8,10-23,39,44,49H,9,24-29H2,1H3,(H,47,50)/t39-,42-/m0/s1. The number of carbonyl (C=O) groups excluding carboxylic acids is 1. The third kappa shape index (κ3) is 8.85. The summed E-state index contributed by atoms with van der Waals surface area (Å²) in [5.41, 5.74) is 19.9. The van der Waals surface area contributed by atoms with Crippen molar-refractivity contribution in [2.24, 2.45) is 10.1 Å². The molecule has 0 saturated carbocycles. The fourth-order valence-corrected chi connectivity index (χ4v) is 6.40. The number of hydrazine groups is 1. The first-order valence-corrected chi connectivity index (χ1v) is 17.5. The van der Waals surface area contributed by atoms with Gasteiger partial charge in [-0.25, -0.2) is 10.4 Å². The number of aliphatic imine (C=N–C) groups is 1. The lowest BCUT2D eigenvalue weighted by Gasteiger charge is -2.31. The molecule has 1 amide bonds. The molecule has 11 nitrogen and oxygen atoms in total. The Morgan fingerprint density at radius 3 is 2.25 bits per heavy atom. The summed E-state index contributed by atoms with van der Waals surface area (Å²) in [7, 11) is 1.64. The van der Waals surface area contributed by atoms with Crippen molar-refractivity contribution in [2.75, 3.05) is 26.9 Å². The minimum absolute atomic E-state index is 0.0435. The molecule has 1 heterocycles. The van der Waals surface area contributed by atoms with Crippen molar-refractivity contribution in [1.29, 1.82) is 0 Å². The van der Waals surface area contributed by atoms with E-state index < -0.39 is 11.6 Å². The normalized spacial score (nSPS) is 16.2. The van der Waals surface area contributed by atoms with Gasteiger partial charge in [-0.15, -0.1) is 0 Å². The maximum absolute atomic E-state index is 14.8. The van der Waals surface area contributed by atoms with Gasteiger partial charge in [0.05, 0.1) is 20.3 Å². The second kappa shape index (κ2) is 17.9. The predicted octanol–water partition coefficient (Wildman–Crippen LogP) is 7.30. The number of rotatable bonds is 17. The Kier molecular flexibility index (Phi) is 12.4. The highest BCUT2D eigenvalue weighted by atomic mass is 16.5. The highest BCUT2D eigenvalue weighted by Crippen LogP contribution is 2.43. The topological polar surface area (TPSA) is 150 Å². The van der Waals surface area contributed by atoms with Crippen LogP contribution in [0.25, 0.3) is 21.6 Å². The number of aliphatic hydroxyl groups excluding tert-OH is 1. The maximum atomic E-state index is 14.8. The molecule has 0 fully saturated rings. The first kappa shape index (κ1) is 36.7. The van der Waals surface area contributed by atoms with Gasteiger partial charge >= 0.3 is 0 Å². The zero-order valence-corrected chi connectivity index (χ0v) is 29.5. The Morgan fingerprint density at radius 1 is 0.868 bits per heavy atom. The molecule has 1 aliphatic rings. The molecule has 0 bridgehead atoms. The number of amides is 1. The van der Waals surface area contributed by atoms with E-state index in [2.05, 4.69) is 33.0 Å². The Hall–Kier alpha value is -6.13. The first-order chi connectivity index (χ1) is 26.0. The lowest BCUT2D eigenvalue weighted by atomic mass is 9.80. The van der Waals surface area contributed by atoms with Crippen LogP contribution >= 0.6 is 0 Å². The summed E-state index contributed by atoms with van der Waals surface area (Å²) in [6.07, 6.45) is 0.454. The molecule has 11 heteroatoms. The number of hydrogen-bond acceptors (Lipinski definition) is 8. The third-order valence-corrected chi connectivity index (χ3v) is 9.15. The van der Waals surface area contributed by atoms with Gasteiger partial charge in [-0.05, 0) is 75.7 Å². The average molecular weight is 711 g/mol. The SMILES string of the molecule is COc1ccccc1CCNNC(=O)[C@@]1(Cc2ccccc2CN=[N+]=[N-])N=C(c2ccc(OCCCO)cc2)O[C@H]1c1ccc(-c2ccccc2)cc1. The molecule has 0 aromatic heterocycles. The van der Waals surface area contributed by atoms with Gasteiger partial charge in [-0.1, -0.05) is 102 Å². The number of methoxy groups -OCH3 is 1. The molecule has 0 unspecified atom stereocenters. The Balaban J connectivity index is 1.38. The van der Waals surface area contributed by atoms with Crippen molar-refractivity contribution in [3.63, 3.8) is 0 Å². The number of nitrogens with zero attached hydrogens (tertiary/aromatic N) is 4. The summed E-state index contributed by atoms with van der Waals surface area (Å²) >= 11 is 0. The second-order valence-corrected chi connectivity index (χ2v) is 12.6. The van der Waals surface area contributed by atoms with E-state index in [4.69, 9.17) is 29.8 Å². The van der Waals surface area contributed by atoms with Crippen LogP contribution in [-0.2, 0) is 28.9 Å². The monoisotopic (exact) mass is 710 g/mol. The highest BCUT2D eigenvalue weighted by molar-refractivity contribution is 6.01. The quantitative estimate of drug-likeness (QED) is 0.0303. The number of para-hydroxylation sites is 1. The first-order valence-electron chi connectivity index (χ1n) is 17.5. The molecule has 53 heavy (non-hydrogen) atoms. The van der Waals surface area contributed by atoms with Crippen LogP contribution < -0.4 is 20.3 Å². The minimum atomic E-state index is -1.48. The van der Waals surface area contributed by atoms with Crippen LogP contribution in [0, 0.1) is 0 Å². The van der Waals surface area contributed by atoms with Crippen molar-refractivity contribution < 1.29 is 24.1 Å². The third-order valence-electron chi connectivity index (χ3n) is 9.15. The molecular formula is C42H42N6O5. The van der Waals surface area contributed by atoms with Gasteiger partial charge < -0.3 is 19.3 Å². The molecule has 5 aromatic carbocycles. The largest absolute Gasteiger partial charge is 0.496 e. The van der Waals surface area contributed by atoms with E-state index in [0.717, 1.165) is 39.1 Å². The van der Waals surface area contributed by atoms with Gasteiger partial charge in [0.2, 0.25) is 5.90 Å². The van der Waals surface area contributed by atoms with Crippen LogP contribution in [0.15, 0.2) is 138 Å². The van der Waals surface area contributed by atoms with Crippen molar-refractivity contribution in [2.45, 2.75) is 37.5 Å². The van der Waals surface area contributed by atoms with Gasteiger partial charge in [0.25, 0.3) is 5.91 Å². The molecule has 6 rings (SSSR count). The number of carbonyl (C=O) groups is 1. The number of ether oxygens (including phenoxy) is 3. The predicted molar refractivity (Wildman–Crippen MR) is 204 cm³/mol. The zero-order chi connectivity index (χ0) is 36.9. The summed E-state index contributed by atoms with van der Waals surface area (Å²) < 4.78 is 18.0. The summed E-state index contributed by atoms with van der Waals surface area (Å²) in [4.78, 5) is 22.9. The van der Waals surface area contributed by atoms with Crippen molar-refractivity contribution in [3.05, 3.63) is 166 Å². The van der Waals surface area contributed by atoms with Crippen LogP contribution in [-0.4, -0.2) is 49.3 Å². The number of nitrogens with one attached hydrogen (secondary N) is 2. The second-order valence-electron chi connectivity index (χ2n) is 12.6. The fourth-order valence-electron chi connectivity index (χ4n) is 6.40. The van der Waals surface area contributed by atoms with Crippen LogP contribution in [0.4, 0.5) is 0 Å². The summed E-state index contributed by atoms with van der Waals surface area (Å²) in [6, 6.07) is 40.7. The van der Waals surface area contributed by atoms with E-state index >= 15 is 0 Å². The van der Waals surface area contributed by atoms with Crippen LogP contribution in [0.1, 0.15) is 40.3 Å². The average Bonchev–Trinajstić information content (AvgIpc) is 3.60. The molecule has 0 saturated heterocycles. The molecule has 0 spiro atoms. The molecule has 3 N–H and O–H groups in total. The lowest BCUT2D eigenvalue weighted by molar-refractivity contribution is -0.130. The van der Waals surface area contributed by atoms with Gasteiger partial charge in [0, 0.05) is 36.5 Å². The summed E-state index contributed by atoms with van der Waals surface area (Å²) in [5, 5.41) is 13.0. The number of benzene rings is 5. The number of azide groups is 1. The van der Waals surface area contributed by atoms with Gasteiger partial charge in [0.15, 0.2) is 11.6 Å². The zero-order valence-electron chi connectivity index (χ0n) is 29.5. The van der Waals surface area contributed by atoms with Crippen LogP contribution in [0.3, 0.4) is 0 Å². The molecule has 2 atom stereocenters. The molecule has 0 radical (unpaired) electrons. The van der Waals surface area contributed by atoms with E-state index in [1.54, 1.807) is 7.11 Å². The number of aliphatic hydroxyl groups is 1. The Bertz CT molecular complexity index is 2050. The van der Waals surface area contributed by atoms with Crippen molar-refractivity contribution in [1.82, 2.24) is 10.9 Å². The smallest absolute Gasteiger partial charge is 0.266 e. The van der Waals surface area contributed by atoms with E-state index in [9.17, 15) is 4.79 Å². The van der Waals surface area contributed by atoms with Crippen molar-refractivity contribution in [3.8, 4) is 22.6 Å². The van der Waals surface area contributed by atoms with Gasteiger partial charge in [-0.3, -0.25) is 10.2 Å². The van der Waals surface area contributed by atoms with Gasteiger partial charge in [-0.2, -0.15) is 0 Å². The highest BCUT2D eigenvalue weighted by Gasteiger charge is 2.53. The lowest BCUT2D eigenvalue weighted by Crippen LogP contribution is -2.54. The van der Waals surface area contributed by atoms with Crippen LogP contribution in [0.2, 0.25) is 0 Å². The summed E-state index contributed by atoms with van der Waals surface area (Å²) in [5.74, 6) is 1.34. The summed E-state index contributed by atoms with van der Waals surface area (Å²) in [6.45, 7) is 0.979. The van der Waals surface area contributed by atoms with Crippen LogP contribution in [0.5, 0.6) is 11.5 Å². The minimum Gasteiger partial charge on any atom is -0.496 e. The molecule has 270 valence electrons. The van der Waals surface area contributed by atoms with E-state index in [1.165, 1.54) is 0 Å². The molecule has 1 aliphatic heterocycles.